The van der Waals surface area contributed by atoms with Gasteiger partial charge in [0.2, 0.25) is 5.82 Å². The van der Waals surface area contributed by atoms with Gasteiger partial charge in [0.1, 0.15) is 0 Å². The van der Waals surface area contributed by atoms with Crippen LogP contribution in [0.2, 0.25) is 10.0 Å². The minimum atomic E-state index is -0.380. The Kier molecular flexibility index (Phi) is 3.73. The number of nitrogens with zero attached hydrogens (tertiary/aromatic N) is 2. The number of fused-ring (bicyclic) bond motifs is 1. The molecule has 0 atom stereocenters. The monoisotopic (exact) mass is 317 g/mol. The molecule has 0 fully saturated rings. The second kappa shape index (κ2) is 5.68. The van der Waals surface area contributed by atoms with E-state index in [0.29, 0.717) is 21.2 Å². The summed E-state index contributed by atoms with van der Waals surface area (Å²) >= 11 is 11.7. The first-order valence-corrected chi connectivity index (χ1v) is 6.87. The fourth-order valence-electron chi connectivity index (χ4n) is 1.83. The third kappa shape index (κ3) is 3.12. The summed E-state index contributed by atoms with van der Waals surface area (Å²) in [7, 11) is 0. The van der Waals surface area contributed by atoms with Crippen molar-refractivity contribution in [2.75, 3.05) is 5.32 Å². The number of hydrogen-bond donors (Lipinski definition) is 1. The Morgan fingerprint density at radius 1 is 1.00 bits per heavy atom. The summed E-state index contributed by atoms with van der Waals surface area (Å²) in [5.41, 5.74) is 1.29. The van der Waals surface area contributed by atoms with Gasteiger partial charge in [-0.15, -0.1) is 0 Å². The molecule has 0 saturated carbocycles. The molecule has 0 aliphatic rings. The molecule has 0 radical (unpaired) electrons. The van der Waals surface area contributed by atoms with Crippen LogP contribution in [0.5, 0.6) is 0 Å². The Morgan fingerprint density at radius 3 is 2.48 bits per heavy atom. The topological polar surface area (TPSA) is 54.9 Å². The number of aromatic nitrogens is 2. The third-order valence-electron chi connectivity index (χ3n) is 2.85. The maximum Gasteiger partial charge on any atom is 0.293 e. The predicted octanol–water partition coefficient (Wildman–Crippen LogP) is 4.19. The highest BCUT2D eigenvalue weighted by Gasteiger charge is 2.10. The molecule has 0 spiro atoms. The van der Waals surface area contributed by atoms with Crippen LogP contribution in [0.1, 0.15) is 10.6 Å². The number of halogens is 2. The SMILES string of the molecule is O=C(Nc1ccc(Cl)cc1)c1ncc2cc(Cl)ccc2n1. The van der Waals surface area contributed by atoms with Gasteiger partial charge in [0.15, 0.2) is 0 Å². The van der Waals surface area contributed by atoms with Gasteiger partial charge in [-0.1, -0.05) is 23.2 Å². The minimum Gasteiger partial charge on any atom is -0.319 e. The highest BCUT2D eigenvalue weighted by Crippen LogP contribution is 2.18. The van der Waals surface area contributed by atoms with Crippen LogP contribution in [0.15, 0.2) is 48.7 Å². The van der Waals surface area contributed by atoms with E-state index < -0.39 is 0 Å². The Bertz CT molecular complexity index is 819. The van der Waals surface area contributed by atoms with Gasteiger partial charge in [0, 0.05) is 27.3 Å². The summed E-state index contributed by atoms with van der Waals surface area (Å²) in [6.07, 6.45) is 1.57. The molecular weight excluding hydrogens is 309 g/mol. The zero-order chi connectivity index (χ0) is 14.8. The summed E-state index contributed by atoms with van der Waals surface area (Å²) < 4.78 is 0. The molecule has 1 amide bonds. The molecule has 3 rings (SSSR count). The molecule has 2 aromatic carbocycles. The molecule has 0 aliphatic carbocycles. The van der Waals surface area contributed by atoms with Gasteiger partial charge in [0.05, 0.1) is 5.52 Å². The number of benzene rings is 2. The summed E-state index contributed by atoms with van der Waals surface area (Å²) in [4.78, 5) is 20.4. The van der Waals surface area contributed by atoms with Gasteiger partial charge in [-0.2, -0.15) is 0 Å². The van der Waals surface area contributed by atoms with Crippen molar-refractivity contribution in [3.05, 3.63) is 64.5 Å². The Morgan fingerprint density at radius 2 is 1.71 bits per heavy atom. The van der Waals surface area contributed by atoms with E-state index in [4.69, 9.17) is 23.2 Å². The lowest BCUT2D eigenvalue weighted by atomic mass is 10.2. The first-order valence-electron chi connectivity index (χ1n) is 6.11. The lowest BCUT2D eigenvalue weighted by Gasteiger charge is -2.05. The van der Waals surface area contributed by atoms with Crippen molar-refractivity contribution in [1.29, 1.82) is 0 Å². The molecule has 4 nitrogen and oxygen atoms in total. The maximum atomic E-state index is 12.1. The zero-order valence-electron chi connectivity index (χ0n) is 10.7. The van der Waals surface area contributed by atoms with Crippen LogP contribution >= 0.6 is 23.2 Å². The van der Waals surface area contributed by atoms with Crippen molar-refractivity contribution >= 4 is 45.7 Å². The molecule has 0 bridgehead atoms. The van der Waals surface area contributed by atoms with Crippen molar-refractivity contribution in [3.63, 3.8) is 0 Å². The van der Waals surface area contributed by atoms with Gasteiger partial charge in [-0.3, -0.25) is 4.79 Å². The smallest absolute Gasteiger partial charge is 0.293 e. The Hall–Kier alpha value is -2.17. The largest absolute Gasteiger partial charge is 0.319 e. The van der Waals surface area contributed by atoms with E-state index in [-0.39, 0.29) is 11.7 Å². The zero-order valence-corrected chi connectivity index (χ0v) is 12.2. The van der Waals surface area contributed by atoms with Crippen LogP contribution in [0.4, 0.5) is 5.69 Å². The molecular formula is C15H9Cl2N3O. The molecule has 104 valence electrons. The van der Waals surface area contributed by atoms with Crippen LogP contribution in [0, 0.1) is 0 Å². The molecule has 0 unspecified atom stereocenters. The lowest BCUT2D eigenvalue weighted by molar-refractivity contribution is 0.101. The molecule has 0 saturated heterocycles. The van der Waals surface area contributed by atoms with Crippen molar-refractivity contribution in [1.82, 2.24) is 9.97 Å². The Balaban J connectivity index is 1.87. The number of carbonyl (C=O) groups excluding carboxylic acids is 1. The molecule has 1 N–H and O–H groups in total. The second-order valence-corrected chi connectivity index (χ2v) is 5.23. The van der Waals surface area contributed by atoms with Crippen LogP contribution in [-0.2, 0) is 0 Å². The fourth-order valence-corrected chi connectivity index (χ4v) is 2.14. The third-order valence-corrected chi connectivity index (χ3v) is 3.33. The summed E-state index contributed by atoms with van der Waals surface area (Å²) in [6, 6.07) is 12.0. The van der Waals surface area contributed by atoms with Gasteiger partial charge in [-0.05, 0) is 42.5 Å². The number of rotatable bonds is 2. The molecule has 6 heteroatoms. The Labute approximate surface area is 130 Å². The van der Waals surface area contributed by atoms with Crippen LogP contribution in [0.25, 0.3) is 10.9 Å². The predicted molar refractivity (Wildman–Crippen MR) is 84.0 cm³/mol. The molecule has 1 heterocycles. The second-order valence-electron chi connectivity index (χ2n) is 4.36. The summed E-state index contributed by atoms with van der Waals surface area (Å²) in [5, 5.41) is 4.70. The average molecular weight is 318 g/mol. The van der Waals surface area contributed by atoms with Gasteiger partial charge >= 0.3 is 0 Å². The number of nitrogens with one attached hydrogen (secondary N) is 1. The van der Waals surface area contributed by atoms with Gasteiger partial charge in [0.25, 0.3) is 5.91 Å². The highest BCUT2D eigenvalue weighted by atomic mass is 35.5. The lowest BCUT2D eigenvalue weighted by Crippen LogP contribution is -2.15. The maximum absolute atomic E-state index is 12.1. The summed E-state index contributed by atoms with van der Waals surface area (Å²) in [5.74, 6) is -0.283. The first-order chi connectivity index (χ1) is 10.1. The quantitative estimate of drug-likeness (QED) is 0.771. The van der Waals surface area contributed by atoms with Crippen LogP contribution in [0.3, 0.4) is 0 Å². The van der Waals surface area contributed by atoms with Gasteiger partial charge < -0.3 is 5.32 Å². The first kappa shape index (κ1) is 13.8. The molecule has 3 aromatic rings. The van der Waals surface area contributed by atoms with E-state index in [0.717, 1.165) is 5.39 Å². The van der Waals surface area contributed by atoms with E-state index in [1.807, 2.05) is 0 Å². The van der Waals surface area contributed by atoms with Gasteiger partial charge in [-0.25, -0.2) is 9.97 Å². The average Bonchev–Trinajstić information content (AvgIpc) is 2.49. The summed E-state index contributed by atoms with van der Waals surface area (Å²) in [6.45, 7) is 0. The minimum absolute atomic E-state index is 0.0970. The highest BCUT2D eigenvalue weighted by molar-refractivity contribution is 6.31. The van der Waals surface area contributed by atoms with Crippen LogP contribution < -0.4 is 5.32 Å². The number of amides is 1. The van der Waals surface area contributed by atoms with Crippen molar-refractivity contribution in [2.24, 2.45) is 0 Å². The van der Waals surface area contributed by atoms with E-state index in [2.05, 4.69) is 15.3 Å². The number of carbonyl (C=O) groups is 1. The van der Waals surface area contributed by atoms with E-state index in [1.165, 1.54) is 0 Å². The number of hydrogen-bond acceptors (Lipinski definition) is 3. The molecule has 21 heavy (non-hydrogen) atoms. The molecule has 1 aromatic heterocycles. The van der Waals surface area contributed by atoms with E-state index in [1.54, 1.807) is 48.7 Å². The van der Waals surface area contributed by atoms with Crippen molar-refractivity contribution in [2.45, 2.75) is 0 Å². The molecule has 0 aliphatic heterocycles. The normalized spacial score (nSPS) is 10.6. The van der Waals surface area contributed by atoms with E-state index >= 15 is 0 Å². The van der Waals surface area contributed by atoms with Crippen LogP contribution in [-0.4, -0.2) is 15.9 Å². The number of anilines is 1. The van der Waals surface area contributed by atoms with Crippen molar-refractivity contribution < 1.29 is 4.79 Å². The van der Waals surface area contributed by atoms with Crippen molar-refractivity contribution in [3.8, 4) is 0 Å². The standard InChI is InChI=1S/C15H9Cl2N3O/c16-10-1-4-12(5-2-10)19-15(21)14-18-8-9-7-11(17)3-6-13(9)20-14/h1-8H,(H,19,21). The fraction of sp³-hybridized carbons (Fsp3) is 0. The van der Waals surface area contributed by atoms with E-state index in [9.17, 15) is 4.79 Å².